The van der Waals surface area contributed by atoms with Crippen LogP contribution in [-0.2, 0) is 6.54 Å². The van der Waals surface area contributed by atoms with Gasteiger partial charge in [0.2, 0.25) is 0 Å². The molecule has 1 aliphatic rings. The van der Waals surface area contributed by atoms with Crippen molar-refractivity contribution in [2.24, 2.45) is 0 Å². The maximum Gasteiger partial charge on any atom is 0.119 e. The molecule has 1 saturated carbocycles. The van der Waals surface area contributed by atoms with E-state index in [4.69, 9.17) is 4.74 Å². The summed E-state index contributed by atoms with van der Waals surface area (Å²) < 4.78 is 5.61. The molecule has 1 fully saturated rings. The fraction of sp³-hybridized carbons (Fsp3) is 0.647. The van der Waals surface area contributed by atoms with E-state index in [1.54, 1.807) is 0 Å². The highest BCUT2D eigenvalue weighted by molar-refractivity contribution is 7.99. The molecule has 112 valence electrons. The lowest BCUT2D eigenvalue weighted by molar-refractivity contribution is 0.317. The summed E-state index contributed by atoms with van der Waals surface area (Å²) in [4.78, 5) is 0. The van der Waals surface area contributed by atoms with Crippen LogP contribution in [0.3, 0.4) is 0 Å². The molecule has 0 unspecified atom stereocenters. The Morgan fingerprint density at radius 3 is 2.45 bits per heavy atom. The molecule has 1 N–H and O–H groups in total. The lowest BCUT2D eigenvalue weighted by atomic mass is 9.95. The number of thioether (sulfide) groups is 1. The third kappa shape index (κ3) is 5.02. The van der Waals surface area contributed by atoms with Gasteiger partial charge in [0.15, 0.2) is 0 Å². The van der Waals surface area contributed by atoms with Gasteiger partial charge in [0.05, 0.1) is 6.61 Å². The number of rotatable bonds is 7. The van der Waals surface area contributed by atoms with Crippen LogP contribution in [0.5, 0.6) is 5.75 Å². The Labute approximate surface area is 127 Å². The van der Waals surface area contributed by atoms with Gasteiger partial charge >= 0.3 is 0 Å². The van der Waals surface area contributed by atoms with Gasteiger partial charge in [0.25, 0.3) is 0 Å². The van der Waals surface area contributed by atoms with E-state index in [0.29, 0.717) is 6.04 Å². The molecule has 0 aromatic heterocycles. The van der Waals surface area contributed by atoms with Crippen molar-refractivity contribution in [1.82, 2.24) is 5.32 Å². The highest BCUT2D eigenvalue weighted by atomic mass is 32.2. The van der Waals surface area contributed by atoms with E-state index >= 15 is 0 Å². The molecule has 0 saturated heterocycles. The van der Waals surface area contributed by atoms with Crippen molar-refractivity contribution in [3.8, 4) is 5.75 Å². The van der Waals surface area contributed by atoms with Crippen molar-refractivity contribution >= 4 is 11.8 Å². The highest BCUT2D eigenvalue weighted by Gasteiger charge is 2.19. The van der Waals surface area contributed by atoms with Gasteiger partial charge in [-0.1, -0.05) is 19.1 Å². The zero-order chi connectivity index (χ0) is 14.2. The Morgan fingerprint density at radius 1 is 1.15 bits per heavy atom. The van der Waals surface area contributed by atoms with Gasteiger partial charge < -0.3 is 10.1 Å². The van der Waals surface area contributed by atoms with Gasteiger partial charge in [-0.3, -0.25) is 0 Å². The zero-order valence-corrected chi connectivity index (χ0v) is 13.5. The summed E-state index contributed by atoms with van der Waals surface area (Å²) in [7, 11) is 0. The van der Waals surface area contributed by atoms with E-state index in [-0.39, 0.29) is 0 Å². The van der Waals surface area contributed by atoms with Gasteiger partial charge in [-0.2, -0.15) is 11.8 Å². The molecule has 0 heterocycles. The molecule has 0 atom stereocenters. The first kappa shape index (κ1) is 15.7. The molecule has 0 spiro atoms. The van der Waals surface area contributed by atoms with Crippen LogP contribution in [0.25, 0.3) is 0 Å². The quantitative estimate of drug-likeness (QED) is 0.812. The minimum absolute atomic E-state index is 0.703. The molecule has 0 radical (unpaired) electrons. The second kappa shape index (κ2) is 8.58. The smallest absolute Gasteiger partial charge is 0.119 e. The third-order valence-electron chi connectivity index (χ3n) is 4.00. The number of benzene rings is 1. The highest BCUT2D eigenvalue weighted by Crippen LogP contribution is 2.27. The first-order valence-corrected chi connectivity index (χ1v) is 9.08. The molecule has 0 bridgehead atoms. The molecular formula is C17H27NOS. The van der Waals surface area contributed by atoms with Crippen molar-refractivity contribution in [2.75, 3.05) is 12.9 Å². The molecule has 1 aromatic carbocycles. The molecule has 1 aliphatic carbocycles. The van der Waals surface area contributed by atoms with Gasteiger partial charge in [-0.05, 0) is 56.1 Å². The lowest BCUT2D eigenvalue weighted by Gasteiger charge is -2.28. The van der Waals surface area contributed by atoms with Gasteiger partial charge in [-0.25, -0.2) is 0 Å². The zero-order valence-electron chi connectivity index (χ0n) is 12.7. The summed E-state index contributed by atoms with van der Waals surface area (Å²) in [6, 6.07) is 9.21. The minimum atomic E-state index is 0.703. The lowest BCUT2D eigenvalue weighted by Crippen LogP contribution is -2.33. The number of ether oxygens (including phenoxy) is 1. The average molecular weight is 293 g/mol. The molecule has 20 heavy (non-hydrogen) atoms. The van der Waals surface area contributed by atoms with E-state index in [1.807, 2.05) is 11.8 Å². The minimum Gasteiger partial charge on any atom is -0.494 e. The van der Waals surface area contributed by atoms with Crippen molar-refractivity contribution in [3.05, 3.63) is 29.8 Å². The van der Waals surface area contributed by atoms with Gasteiger partial charge in [-0.15, -0.1) is 0 Å². The fourth-order valence-electron chi connectivity index (χ4n) is 2.69. The summed E-state index contributed by atoms with van der Waals surface area (Å²) in [5.41, 5.74) is 1.35. The summed E-state index contributed by atoms with van der Waals surface area (Å²) in [5, 5.41) is 4.59. The number of nitrogens with one attached hydrogen (secondary N) is 1. The van der Waals surface area contributed by atoms with E-state index in [1.165, 1.54) is 31.2 Å². The molecule has 0 aliphatic heterocycles. The van der Waals surface area contributed by atoms with E-state index in [0.717, 1.165) is 30.6 Å². The largest absolute Gasteiger partial charge is 0.494 e. The molecule has 0 amide bonds. The van der Waals surface area contributed by atoms with Crippen LogP contribution in [-0.4, -0.2) is 24.2 Å². The van der Waals surface area contributed by atoms with Crippen molar-refractivity contribution in [3.63, 3.8) is 0 Å². The second-order valence-corrected chi connectivity index (χ2v) is 6.72. The second-order valence-electron chi connectivity index (χ2n) is 5.58. The molecule has 2 nitrogen and oxygen atoms in total. The van der Waals surface area contributed by atoms with Crippen LogP contribution in [0.4, 0.5) is 0 Å². The standard InChI is InChI=1S/C17H27NOS/c1-3-12-19-16-8-4-14(5-9-16)13-18-15-6-10-17(20-2)11-7-15/h4-5,8-9,15,17-18H,3,6-7,10-13H2,1-2H3. The molecule has 3 heteroatoms. The maximum absolute atomic E-state index is 5.61. The summed E-state index contributed by atoms with van der Waals surface area (Å²) in [6.45, 7) is 3.91. The number of hydrogen-bond donors (Lipinski definition) is 1. The first-order chi connectivity index (χ1) is 9.81. The fourth-order valence-corrected chi connectivity index (χ4v) is 3.43. The van der Waals surface area contributed by atoms with Gasteiger partial charge in [0.1, 0.15) is 5.75 Å². The normalized spacial score (nSPS) is 22.7. The topological polar surface area (TPSA) is 21.3 Å². The van der Waals surface area contributed by atoms with Crippen molar-refractivity contribution in [1.29, 1.82) is 0 Å². The number of hydrogen-bond acceptors (Lipinski definition) is 3. The SMILES string of the molecule is CCCOc1ccc(CNC2CCC(SC)CC2)cc1. The Hall–Kier alpha value is -0.670. The predicted octanol–water partition coefficient (Wildman–Crippen LogP) is 4.24. The van der Waals surface area contributed by atoms with E-state index < -0.39 is 0 Å². The summed E-state index contributed by atoms with van der Waals surface area (Å²) in [6.07, 6.45) is 8.67. The third-order valence-corrected chi connectivity index (χ3v) is 5.14. The Morgan fingerprint density at radius 2 is 1.85 bits per heavy atom. The first-order valence-electron chi connectivity index (χ1n) is 7.79. The van der Waals surface area contributed by atoms with Crippen LogP contribution >= 0.6 is 11.8 Å². The van der Waals surface area contributed by atoms with Gasteiger partial charge in [0, 0.05) is 17.8 Å². The average Bonchev–Trinajstić information content (AvgIpc) is 2.52. The molecule has 1 aromatic rings. The van der Waals surface area contributed by atoms with E-state index in [2.05, 4.69) is 42.8 Å². The van der Waals surface area contributed by atoms with Crippen LogP contribution in [0, 0.1) is 0 Å². The van der Waals surface area contributed by atoms with Crippen LogP contribution < -0.4 is 10.1 Å². The maximum atomic E-state index is 5.61. The van der Waals surface area contributed by atoms with Crippen LogP contribution in [0.2, 0.25) is 0 Å². The Balaban J connectivity index is 1.71. The summed E-state index contributed by atoms with van der Waals surface area (Å²) >= 11 is 2.03. The van der Waals surface area contributed by atoms with Crippen LogP contribution in [0.1, 0.15) is 44.6 Å². The molecular weight excluding hydrogens is 266 g/mol. The Bertz CT molecular complexity index is 371. The predicted molar refractivity (Wildman–Crippen MR) is 88.6 cm³/mol. The van der Waals surface area contributed by atoms with E-state index in [9.17, 15) is 0 Å². The van der Waals surface area contributed by atoms with Crippen molar-refractivity contribution < 1.29 is 4.74 Å². The van der Waals surface area contributed by atoms with Crippen molar-refractivity contribution in [2.45, 2.75) is 56.9 Å². The molecule has 2 rings (SSSR count). The van der Waals surface area contributed by atoms with Crippen LogP contribution in [0.15, 0.2) is 24.3 Å². The monoisotopic (exact) mass is 293 g/mol. The Kier molecular flexibility index (Phi) is 6.74. The summed E-state index contributed by atoms with van der Waals surface area (Å²) in [5.74, 6) is 0.982.